The maximum atomic E-state index is 12.2. The molecule has 1 unspecified atom stereocenters. The minimum absolute atomic E-state index is 0.0249. The minimum atomic E-state index is -3.72. The van der Waals surface area contributed by atoms with Gasteiger partial charge in [0.15, 0.2) is 5.17 Å². The maximum Gasteiger partial charge on any atom is 0.287 e. The third-order valence-corrected chi connectivity index (χ3v) is 5.68. The van der Waals surface area contributed by atoms with Crippen LogP contribution in [0.15, 0.2) is 21.4 Å². The summed E-state index contributed by atoms with van der Waals surface area (Å²) in [5.74, 6) is -0.0249. The van der Waals surface area contributed by atoms with Gasteiger partial charge in [0.05, 0.1) is 10.9 Å². The largest absolute Gasteiger partial charge is 0.333 e. The molecule has 1 atom stereocenters. The van der Waals surface area contributed by atoms with Crippen molar-refractivity contribution in [1.82, 2.24) is 0 Å². The van der Waals surface area contributed by atoms with E-state index in [1.54, 1.807) is 19.9 Å². The van der Waals surface area contributed by atoms with Gasteiger partial charge in [-0.1, -0.05) is 17.8 Å². The summed E-state index contributed by atoms with van der Waals surface area (Å²) in [4.78, 5) is 11.5. The zero-order chi connectivity index (χ0) is 15.1. The van der Waals surface area contributed by atoms with Crippen molar-refractivity contribution in [1.29, 1.82) is 0 Å². The van der Waals surface area contributed by atoms with Gasteiger partial charge in [0, 0.05) is 0 Å². The first-order valence-electron chi connectivity index (χ1n) is 6.11. The number of sulfonamides is 1. The Bertz CT molecular complexity index is 709. The van der Waals surface area contributed by atoms with Crippen molar-refractivity contribution >= 4 is 38.4 Å². The van der Waals surface area contributed by atoms with Crippen LogP contribution in [0.1, 0.15) is 25.0 Å². The summed E-state index contributed by atoms with van der Waals surface area (Å²) in [6.45, 7) is 6.84. The molecule has 7 heteroatoms. The number of hydrogen-bond acceptors (Lipinski definition) is 5. The molecule has 5 nitrogen and oxygen atoms in total. The summed E-state index contributed by atoms with van der Waals surface area (Å²) in [6, 6.07) is 3.58. The Balaban J connectivity index is 2.45. The number of ketones is 1. The van der Waals surface area contributed by atoms with Crippen LogP contribution in [0.5, 0.6) is 0 Å². The fraction of sp³-hybridized carbons (Fsp3) is 0.385. The molecule has 1 aromatic carbocycles. The lowest BCUT2D eigenvalue weighted by Crippen LogP contribution is -2.23. The zero-order valence-corrected chi connectivity index (χ0v) is 13.4. The lowest BCUT2D eigenvalue weighted by Gasteiger charge is -2.21. The topological polar surface area (TPSA) is 75.6 Å². The van der Waals surface area contributed by atoms with Crippen LogP contribution >= 0.6 is 11.8 Å². The Morgan fingerprint density at radius 1 is 1.35 bits per heavy atom. The van der Waals surface area contributed by atoms with Crippen molar-refractivity contribution in [3.63, 3.8) is 0 Å². The van der Waals surface area contributed by atoms with E-state index in [0.717, 1.165) is 17.3 Å². The number of benzene rings is 1. The van der Waals surface area contributed by atoms with Gasteiger partial charge in [0.25, 0.3) is 10.0 Å². The maximum absolute atomic E-state index is 12.2. The average Bonchev–Trinajstić information content (AvgIpc) is 2.25. The Hall–Kier alpha value is -1.34. The van der Waals surface area contributed by atoms with Gasteiger partial charge in [-0.2, -0.15) is 8.42 Å². The molecule has 1 aliphatic rings. The van der Waals surface area contributed by atoms with E-state index >= 15 is 0 Å². The quantitative estimate of drug-likeness (QED) is 0.908. The molecule has 0 radical (unpaired) electrons. The summed E-state index contributed by atoms with van der Waals surface area (Å²) in [7, 11) is -3.72. The third kappa shape index (κ3) is 2.88. The van der Waals surface area contributed by atoms with E-state index in [4.69, 9.17) is 0 Å². The molecule has 0 bridgehead atoms. The predicted molar refractivity (Wildman–Crippen MR) is 81.9 cm³/mol. The molecule has 1 N–H and O–H groups in total. The van der Waals surface area contributed by atoms with Crippen LogP contribution in [0.3, 0.4) is 0 Å². The van der Waals surface area contributed by atoms with Gasteiger partial charge >= 0.3 is 0 Å². The summed E-state index contributed by atoms with van der Waals surface area (Å²) in [6.07, 6.45) is 0. The van der Waals surface area contributed by atoms with Crippen molar-refractivity contribution in [3.8, 4) is 0 Å². The lowest BCUT2D eigenvalue weighted by molar-refractivity contribution is -0.116. The first kappa shape index (κ1) is 15.1. The highest BCUT2D eigenvalue weighted by molar-refractivity contribution is 8.15. The number of hydrogen-bond donors (Lipinski definition) is 1. The van der Waals surface area contributed by atoms with E-state index in [2.05, 4.69) is 9.71 Å². The van der Waals surface area contributed by atoms with E-state index in [1.165, 1.54) is 6.92 Å². The normalized spacial score (nSPS) is 17.7. The van der Waals surface area contributed by atoms with Gasteiger partial charge in [-0.3, -0.25) is 4.79 Å². The van der Waals surface area contributed by atoms with Crippen LogP contribution in [0.25, 0.3) is 0 Å². The van der Waals surface area contributed by atoms with Crippen molar-refractivity contribution < 1.29 is 13.2 Å². The van der Waals surface area contributed by atoms with Crippen LogP contribution in [0.2, 0.25) is 0 Å². The standard InChI is InChI=1S/C13H16N2O3S2/c1-7-5-8(2)12-11(6-7)14-13(15-20(12,17)18)19-10(4)9(3)16/h5-6,10H,1-4H3,(H,14,15). The number of nitrogens with one attached hydrogen (secondary N) is 1. The lowest BCUT2D eigenvalue weighted by atomic mass is 10.1. The molecular formula is C13H16N2O3S2. The SMILES string of the molecule is CC(=O)C(C)SC1=NS(=O)(=O)c2c(C)cc(C)cc2N1. The number of nitrogens with zero attached hydrogens (tertiary/aromatic N) is 1. The van der Waals surface area contributed by atoms with E-state index in [9.17, 15) is 13.2 Å². The second-order valence-corrected chi connectivity index (χ2v) is 7.70. The van der Waals surface area contributed by atoms with Crippen LogP contribution in [-0.2, 0) is 14.8 Å². The summed E-state index contributed by atoms with van der Waals surface area (Å²) in [5, 5.41) is 2.90. The molecule has 1 heterocycles. The second-order valence-electron chi connectivity index (χ2n) is 4.83. The molecule has 0 amide bonds. The summed E-state index contributed by atoms with van der Waals surface area (Å²) < 4.78 is 28.2. The molecule has 1 aromatic rings. The van der Waals surface area contributed by atoms with Gasteiger partial charge < -0.3 is 5.32 Å². The van der Waals surface area contributed by atoms with Crippen molar-refractivity contribution in [2.75, 3.05) is 5.32 Å². The highest BCUT2D eigenvalue weighted by Gasteiger charge is 2.28. The predicted octanol–water partition coefficient (Wildman–Crippen LogP) is 2.48. The van der Waals surface area contributed by atoms with Gasteiger partial charge in [0.2, 0.25) is 0 Å². The molecule has 108 valence electrons. The number of fused-ring (bicyclic) bond motifs is 1. The third-order valence-electron chi connectivity index (χ3n) is 2.98. The molecule has 20 heavy (non-hydrogen) atoms. The monoisotopic (exact) mass is 312 g/mol. The van der Waals surface area contributed by atoms with Crippen LogP contribution in [0.4, 0.5) is 5.69 Å². The van der Waals surface area contributed by atoms with Gasteiger partial charge in [-0.25, -0.2) is 0 Å². The molecule has 0 saturated carbocycles. The smallest absolute Gasteiger partial charge is 0.287 e. The highest BCUT2D eigenvalue weighted by Crippen LogP contribution is 2.33. The number of thioether (sulfide) groups is 1. The van der Waals surface area contributed by atoms with E-state index in [-0.39, 0.29) is 21.1 Å². The van der Waals surface area contributed by atoms with Gasteiger partial charge in [-0.15, -0.1) is 4.40 Å². The average molecular weight is 312 g/mol. The number of aryl methyl sites for hydroxylation is 2. The molecule has 0 fully saturated rings. The molecule has 0 aliphatic carbocycles. The Kier molecular flexibility index (Phi) is 3.93. The Labute approximate surface area is 122 Å². The van der Waals surface area contributed by atoms with Crippen molar-refractivity contribution in [2.45, 2.75) is 37.8 Å². The molecule has 0 saturated heterocycles. The Morgan fingerprint density at radius 3 is 2.60 bits per heavy atom. The number of rotatable bonds is 2. The number of anilines is 1. The first-order valence-corrected chi connectivity index (χ1v) is 8.43. The molecule has 0 spiro atoms. The first-order chi connectivity index (χ1) is 9.20. The van der Waals surface area contributed by atoms with E-state index in [1.807, 2.05) is 13.0 Å². The highest BCUT2D eigenvalue weighted by atomic mass is 32.2. The Morgan fingerprint density at radius 2 is 2.00 bits per heavy atom. The van der Waals surface area contributed by atoms with Gasteiger partial charge in [0.1, 0.15) is 10.7 Å². The summed E-state index contributed by atoms with van der Waals surface area (Å²) in [5.41, 5.74) is 2.16. The minimum Gasteiger partial charge on any atom is -0.333 e. The van der Waals surface area contributed by atoms with Crippen LogP contribution < -0.4 is 5.32 Å². The van der Waals surface area contributed by atoms with E-state index in [0.29, 0.717) is 11.3 Å². The fourth-order valence-electron chi connectivity index (χ4n) is 1.98. The second kappa shape index (κ2) is 5.21. The molecule has 2 rings (SSSR count). The number of amidine groups is 1. The molecule has 0 aromatic heterocycles. The van der Waals surface area contributed by atoms with Crippen LogP contribution in [-0.4, -0.2) is 24.6 Å². The molecule has 1 aliphatic heterocycles. The summed E-state index contributed by atoms with van der Waals surface area (Å²) >= 11 is 1.12. The number of carbonyl (C=O) groups excluding carboxylic acids is 1. The number of Topliss-reactive ketones (excluding diaryl/α,β-unsaturated/α-hetero) is 1. The molecular weight excluding hydrogens is 296 g/mol. The fourth-order valence-corrected chi connectivity index (χ4v) is 4.33. The van der Waals surface area contributed by atoms with Gasteiger partial charge in [-0.05, 0) is 44.9 Å². The van der Waals surface area contributed by atoms with Crippen molar-refractivity contribution in [3.05, 3.63) is 23.3 Å². The van der Waals surface area contributed by atoms with Crippen LogP contribution in [0, 0.1) is 13.8 Å². The zero-order valence-electron chi connectivity index (χ0n) is 11.7. The van der Waals surface area contributed by atoms with Crippen molar-refractivity contribution in [2.24, 2.45) is 4.40 Å². The van der Waals surface area contributed by atoms with E-state index < -0.39 is 10.0 Å². The number of carbonyl (C=O) groups is 1.